The van der Waals surface area contributed by atoms with Crippen LogP contribution in [0.15, 0.2) is 30.5 Å². The van der Waals surface area contributed by atoms with Gasteiger partial charge in [-0.3, -0.25) is 10.4 Å². The summed E-state index contributed by atoms with van der Waals surface area (Å²) in [5.74, 6) is 7.32. The van der Waals surface area contributed by atoms with E-state index in [1.807, 2.05) is 18.2 Å². The number of carbonyl (C=O) groups excluding carboxylic acids is 1. The molecule has 1 fully saturated rings. The summed E-state index contributed by atoms with van der Waals surface area (Å²) in [6.07, 6.45) is 1.03. The highest BCUT2D eigenvalue weighted by molar-refractivity contribution is 5.96. The number of nitrogens with one attached hydrogen (secondary N) is 2. The second-order valence-corrected chi connectivity index (χ2v) is 6.91. The minimum absolute atomic E-state index is 0.137. The molecule has 1 amide bonds. The average molecular weight is 377 g/mol. The summed E-state index contributed by atoms with van der Waals surface area (Å²) in [6.45, 7) is 3.32. The summed E-state index contributed by atoms with van der Waals surface area (Å²) >= 11 is 0. The van der Waals surface area contributed by atoms with E-state index >= 15 is 0 Å². The lowest BCUT2D eigenvalue weighted by atomic mass is 9.89. The van der Waals surface area contributed by atoms with Crippen molar-refractivity contribution in [2.45, 2.75) is 6.92 Å². The molecule has 1 aromatic carbocycles. The lowest BCUT2D eigenvalue weighted by Crippen LogP contribution is -2.38. The molecule has 1 saturated heterocycles. The number of fused-ring (bicyclic) bond motifs is 1. The van der Waals surface area contributed by atoms with E-state index in [4.69, 9.17) is 10.5 Å². The number of benzene rings is 1. The summed E-state index contributed by atoms with van der Waals surface area (Å²) < 4.78 is 9.88. The van der Waals surface area contributed by atoms with Gasteiger partial charge in [0.2, 0.25) is 0 Å². The van der Waals surface area contributed by atoms with E-state index in [0.29, 0.717) is 24.8 Å². The number of amides is 1. The van der Waals surface area contributed by atoms with Crippen LogP contribution in [-0.2, 0) is 9.47 Å². The van der Waals surface area contributed by atoms with E-state index in [1.54, 1.807) is 12.3 Å². The molecule has 0 bridgehead atoms. The van der Waals surface area contributed by atoms with Crippen LogP contribution in [0.2, 0.25) is 0 Å². The van der Waals surface area contributed by atoms with Crippen molar-refractivity contribution in [1.82, 2.24) is 15.2 Å². The molecule has 142 valence electrons. The van der Waals surface area contributed by atoms with Crippen molar-refractivity contribution in [2.75, 3.05) is 31.4 Å². The summed E-state index contributed by atoms with van der Waals surface area (Å²) in [4.78, 5) is 15.6. The lowest BCUT2D eigenvalue weighted by Gasteiger charge is -2.32. The van der Waals surface area contributed by atoms with Crippen LogP contribution in [0, 0.1) is 17.3 Å². The minimum atomic E-state index is -0.582. The summed E-state index contributed by atoms with van der Waals surface area (Å²) in [7, 11) is 1.30. The van der Waals surface area contributed by atoms with Crippen molar-refractivity contribution in [2.24, 2.45) is 5.41 Å². The number of aromatic nitrogens is 3. The molecule has 8 nitrogen and oxygen atoms in total. The highest BCUT2D eigenvalue weighted by atomic mass is 16.5. The summed E-state index contributed by atoms with van der Waals surface area (Å²) in [6, 6.07) is 7.50. The van der Waals surface area contributed by atoms with E-state index in [0.717, 1.165) is 27.6 Å². The Kier molecular flexibility index (Phi) is 4.37. The number of methoxy groups -OCH3 is 1. The first-order valence-corrected chi connectivity index (χ1v) is 8.67. The zero-order valence-electron chi connectivity index (χ0n) is 15.5. The molecule has 2 aromatic heterocycles. The molecule has 0 unspecified atom stereocenters. The number of nitrogens with zero attached hydrogens (tertiary/aromatic N) is 2. The standard InChI is InChI=1S/C20H19N5O3/c1-20(10-28-11-20)5-3-13-7-14(8-15-17(13)24-25-18(15)21)12-4-6-22-16(9-12)23-19(26)27-2/h4,6-9H,10-11H2,1-2H3,(H3,21,24,25)(H,22,23,26). The summed E-state index contributed by atoms with van der Waals surface area (Å²) in [5, 5.41) is 10.4. The molecule has 3 heterocycles. The van der Waals surface area contributed by atoms with Gasteiger partial charge in [0.1, 0.15) is 5.82 Å². The van der Waals surface area contributed by atoms with Crippen molar-refractivity contribution in [3.8, 4) is 23.0 Å². The third-order valence-corrected chi connectivity index (χ3v) is 4.55. The third kappa shape index (κ3) is 3.35. The molecule has 0 atom stereocenters. The van der Waals surface area contributed by atoms with Crippen LogP contribution in [-0.4, -0.2) is 41.6 Å². The Morgan fingerprint density at radius 2 is 2.18 bits per heavy atom. The number of H-pyrrole nitrogens is 1. The van der Waals surface area contributed by atoms with Crippen LogP contribution in [0.1, 0.15) is 12.5 Å². The van der Waals surface area contributed by atoms with E-state index in [1.165, 1.54) is 7.11 Å². The van der Waals surface area contributed by atoms with Crippen molar-refractivity contribution in [1.29, 1.82) is 0 Å². The largest absolute Gasteiger partial charge is 0.453 e. The van der Waals surface area contributed by atoms with Gasteiger partial charge in [0.15, 0.2) is 5.82 Å². The average Bonchev–Trinajstić information content (AvgIpc) is 3.05. The Balaban J connectivity index is 1.78. The van der Waals surface area contributed by atoms with Crippen LogP contribution >= 0.6 is 0 Å². The molecule has 3 aromatic rings. The van der Waals surface area contributed by atoms with E-state index in [2.05, 4.69) is 44.0 Å². The molecule has 4 N–H and O–H groups in total. The number of aromatic amines is 1. The number of nitrogens with two attached hydrogens (primary N) is 1. The van der Waals surface area contributed by atoms with Crippen molar-refractivity contribution >= 4 is 28.6 Å². The molecule has 1 aliphatic rings. The maximum Gasteiger partial charge on any atom is 0.412 e. The monoisotopic (exact) mass is 377 g/mol. The highest BCUT2D eigenvalue weighted by Crippen LogP contribution is 2.31. The fourth-order valence-electron chi connectivity index (χ4n) is 2.94. The number of anilines is 2. The van der Waals surface area contributed by atoms with E-state index < -0.39 is 6.09 Å². The van der Waals surface area contributed by atoms with Gasteiger partial charge in [-0.2, -0.15) is 5.10 Å². The molecule has 4 rings (SSSR count). The van der Waals surface area contributed by atoms with Crippen molar-refractivity contribution < 1.29 is 14.3 Å². The van der Waals surface area contributed by atoms with Crippen LogP contribution < -0.4 is 11.1 Å². The molecule has 0 spiro atoms. The molecule has 1 aliphatic heterocycles. The third-order valence-electron chi connectivity index (χ3n) is 4.55. The lowest BCUT2D eigenvalue weighted by molar-refractivity contribution is -0.0648. The number of hydrogen-bond donors (Lipinski definition) is 3. The number of nitrogen functional groups attached to an aromatic ring is 1. The Bertz CT molecular complexity index is 1120. The Hall–Kier alpha value is -3.57. The molecular weight excluding hydrogens is 358 g/mol. The van der Waals surface area contributed by atoms with Gasteiger partial charge in [-0.25, -0.2) is 9.78 Å². The second kappa shape index (κ2) is 6.87. The van der Waals surface area contributed by atoms with Crippen LogP contribution in [0.5, 0.6) is 0 Å². The molecule has 0 aliphatic carbocycles. The van der Waals surface area contributed by atoms with E-state index in [-0.39, 0.29) is 5.41 Å². The fraction of sp³-hybridized carbons (Fsp3) is 0.250. The van der Waals surface area contributed by atoms with Crippen molar-refractivity contribution in [3.63, 3.8) is 0 Å². The van der Waals surface area contributed by atoms with Gasteiger partial charge >= 0.3 is 6.09 Å². The molecular formula is C20H19N5O3. The van der Waals surface area contributed by atoms with Gasteiger partial charge in [-0.05, 0) is 42.3 Å². The Labute approximate surface area is 161 Å². The van der Waals surface area contributed by atoms with Crippen LogP contribution in [0.4, 0.5) is 16.4 Å². The van der Waals surface area contributed by atoms with Crippen LogP contribution in [0.25, 0.3) is 22.0 Å². The number of hydrogen-bond acceptors (Lipinski definition) is 6. The quantitative estimate of drug-likeness (QED) is 0.592. The smallest absolute Gasteiger partial charge is 0.412 e. The van der Waals surface area contributed by atoms with Gasteiger partial charge in [0.25, 0.3) is 0 Å². The first-order valence-electron chi connectivity index (χ1n) is 8.67. The topological polar surface area (TPSA) is 115 Å². The zero-order chi connectivity index (χ0) is 19.7. The predicted octanol–water partition coefficient (Wildman–Crippen LogP) is 2.77. The first kappa shape index (κ1) is 17.8. The normalized spacial score (nSPS) is 14.6. The van der Waals surface area contributed by atoms with Gasteiger partial charge < -0.3 is 15.2 Å². The maximum absolute atomic E-state index is 11.5. The SMILES string of the molecule is COC(=O)Nc1cc(-c2cc(C#CC3(C)COC3)c3[nH]nc(N)c3c2)ccn1. The van der Waals surface area contributed by atoms with Gasteiger partial charge in [-0.1, -0.05) is 11.8 Å². The van der Waals surface area contributed by atoms with E-state index in [9.17, 15) is 4.79 Å². The van der Waals surface area contributed by atoms with Gasteiger partial charge in [-0.15, -0.1) is 0 Å². The fourth-order valence-corrected chi connectivity index (χ4v) is 2.94. The summed E-state index contributed by atoms with van der Waals surface area (Å²) in [5.41, 5.74) is 9.22. The highest BCUT2D eigenvalue weighted by Gasteiger charge is 2.31. The first-order chi connectivity index (χ1) is 13.5. The zero-order valence-corrected chi connectivity index (χ0v) is 15.5. The maximum atomic E-state index is 11.5. The van der Waals surface area contributed by atoms with Crippen LogP contribution in [0.3, 0.4) is 0 Å². The number of carbonyl (C=O) groups is 1. The Morgan fingerprint density at radius 1 is 1.36 bits per heavy atom. The van der Waals surface area contributed by atoms with Gasteiger partial charge in [0.05, 0.1) is 36.8 Å². The van der Waals surface area contributed by atoms with Crippen molar-refractivity contribution in [3.05, 3.63) is 36.0 Å². The molecule has 8 heteroatoms. The molecule has 28 heavy (non-hydrogen) atoms. The second-order valence-electron chi connectivity index (χ2n) is 6.91. The van der Waals surface area contributed by atoms with Gasteiger partial charge in [0, 0.05) is 11.6 Å². The Morgan fingerprint density at radius 3 is 2.89 bits per heavy atom. The number of ether oxygens (including phenoxy) is 2. The predicted molar refractivity (Wildman–Crippen MR) is 106 cm³/mol. The minimum Gasteiger partial charge on any atom is -0.453 e. The number of pyridine rings is 1. The molecule has 0 saturated carbocycles. The molecule has 0 radical (unpaired) electrons. The number of rotatable bonds is 2.